The Bertz CT molecular complexity index is 159. The highest BCUT2D eigenvalue weighted by Crippen LogP contribution is 2.14. The Balaban J connectivity index is 2.01. The molecule has 0 aromatic rings. The predicted molar refractivity (Wildman–Crippen MR) is 46.1 cm³/mol. The minimum atomic E-state index is -0.570. The Morgan fingerprint density at radius 2 is 2.58 bits per heavy atom. The SMILES string of the molecule is NCC(O)CONC1=CCCC1. The van der Waals surface area contributed by atoms with Gasteiger partial charge in [-0.25, -0.2) is 0 Å². The number of hydrogen-bond acceptors (Lipinski definition) is 4. The van der Waals surface area contributed by atoms with Gasteiger partial charge in [0.05, 0.1) is 6.10 Å². The fraction of sp³-hybridized carbons (Fsp3) is 0.750. The maximum absolute atomic E-state index is 9.02. The predicted octanol–water partition coefficient (Wildman–Crippen LogP) is -0.105. The highest BCUT2D eigenvalue weighted by molar-refractivity contribution is 5.02. The molecule has 1 aliphatic rings. The molecule has 0 bridgehead atoms. The average molecular weight is 172 g/mol. The van der Waals surface area contributed by atoms with Crippen molar-refractivity contribution in [3.05, 3.63) is 11.8 Å². The summed E-state index contributed by atoms with van der Waals surface area (Å²) in [5, 5.41) is 9.02. The van der Waals surface area contributed by atoms with Crippen LogP contribution in [-0.4, -0.2) is 24.4 Å². The quantitative estimate of drug-likeness (QED) is 0.506. The highest BCUT2D eigenvalue weighted by atomic mass is 16.6. The van der Waals surface area contributed by atoms with Crippen LogP contribution in [0.2, 0.25) is 0 Å². The van der Waals surface area contributed by atoms with Crippen LogP contribution in [0.4, 0.5) is 0 Å². The molecule has 0 aromatic carbocycles. The summed E-state index contributed by atoms with van der Waals surface area (Å²) >= 11 is 0. The summed E-state index contributed by atoms with van der Waals surface area (Å²) < 4.78 is 0. The van der Waals surface area contributed by atoms with Crippen molar-refractivity contribution in [1.29, 1.82) is 0 Å². The first-order valence-corrected chi connectivity index (χ1v) is 4.28. The third-order valence-corrected chi connectivity index (χ3v) is 1.79. The van der Waals surface area contributed by atoms with Crippen LogP contribution in [0.5, 0.6) is 0 Å². The zero-order valence-electron chi connectivity index (χ0n) is 7.12. The molecule has 0 saturated carbocycles. The van der Waals surface area contributed by atoms with Crippen LogP contribution in [0.3, 0.4) is 0 Å². The molecule has 0 aliphatic heterocycles. The molecule has 4 nitrogen and oxygen atoms in total. The molecule has 0 spiro atoms. The van der Waals surface area contributed by atoms with E-state index in [0.717, 1.165) is 18.5 Å². The molecule has 0 heterocycles. The number of hydroxylamine groups is 1. The minimum absolute atomic E-state index is 0.237. The monoisotopic (exact) mass is 172 g/mol. The molecule has 4 heteroatoms. The molecular formula is C8H16N2O2. The lowest BCUT2D eigenvalue weighted by atomic mass is 10.3. The van der Waals surface area contributed by atoms with E-state index in [1.165, 1.54) is 6.42 Å². The average Bonchev–Trinajstić information content (AvgIpc) is 2.57. The zero-order chi connectivity index (χ0) is 8.81. The molecule has 0 saturated heterocycles. The minimum Gasteiger partial charge on any atom is -0.389 e. The van der Waals surface area contributed by atoms with Crippen LogP contribution in [0.15, 0.2) is 11.8 Å². The van der Waals surface area contributed by atoms with Gasteiger partial charge in [0, 0.05) is 12.2 Å². The van der Waals surface area contributed by atoms with E-state index in [1.807, 2.05) is 0 Å². The van der Waals surface area contributed by atoms with Gasteiger partial charge in [0.2, 0.25) is 0 Å². The van der Waals surface area contributed by atoms with E-state index in [-0.39, 0.29) is 13.2 Å². The van der Waals surface area contributed by atoms with Crippen molar-refractivity contribution >= 4 is 0 Å². The van der Waals surface area contributed by atoms with Gasteiger partial charge in [-0.05, 0) is 19.3 Å². The second-order valence-corrected chi connectivity index (χ2v) is 2.92. The van der Waals surface area contributed by atoms with E-state index in [0.29, 0.717) is 0 Å². The number of nitrogens with one attached hydrogen (secondary N) is 1. The fourth-order valence-electron chi connectivity index (χ4n) is 1.06. The second kappa shape index (κ2) is 5.13. The number of rotatable bonds is 5. The first-order valence-electron chi connectivity index (χ1n) is 4.28. The smallest absolute Gasteiger partial charge is 0.102 e. The van der Waals surface area contributed by atoms with Gasteiger partial charge in [-0.1, -0.05) is 6.08 Å². The zero-order valence-corrected chi connectivity index (χ0v) is 7.12. The number of aliphatic hydroxyl groups excluding tert-OH is 1. The second-order valence-electron chi connectivity index (χ2n) is 2.92. The van der Waals surface area contributed by atoms with E-state index >= 15 is 0 Å². The molecule has 0 fully saturated rings. The molecule has 0 amide bonds. The first kappa shape index (κ1) is 9.51. The lowest BCUT2D eigenvalue weighted by Gasteiger charge is -2.10. The Labute approximate surface area is 72.3 Å². The summed E-state index contributed by atoms with van der Waals surface area (Å²) in [5.74, 6) is 0. The normalized spacial score (nSPS) is 19.0. The molecule has 4 N–H and O–H groups in total. The van der Waals surface area contributed by atoms with Crippen LogP contribution < -0.4 is 11.2 Å². The van der Waals surface area contributed by atoms with Crippen molar-refractivity contribution in [1.82, 2.24) is 5.48 Å². The fourth-order valence-corrected chi connectivity index (χ4v) is 1.06. The summed E-state index contributed by atoms with van der Waals surface area (Å²) in [4.78, 5) is 5.02. The summed E-state index contributed by atoms with van der Waals surface area (Å²) in [6.45, 7) is 0.481. The molecule has 1 aliphatic carbocycles. The van der Waals surface area contributed by atoms with Gasteiger partial charge in [-0.3, -0.25) is 10.3 Å². The summed E-state index contributed by atoms with van der Waals surface area (Å²) in [7, 11) is 0. The third kappa shape index (κ3) is 3.21. The van der Waals surface area contributed by atoms with Gasteiger partial charge in [0.15, 0.2) is 0 Å². The van der Waals surface area contributed by atoms with Crippen LogP contribution in [-0.2, 0) is 4.84 Å². The standard InChI is InChI=1S/C8H16N2O2/c9-5-8(11)6-12-10-7-3-1-2-4-7/h3,8,10-11H,1-2,4-6,9H2. The van der Waals surface area contributed by atoms with Crippen molar-refractivity contribution in [2.24, 2.45) is 5.73 Å². The van der Waals surface area contributed by atoms with Crippen molar-refractivity contribution in [3.8, 4) is 0 Å². The van der Waals surface area contributed by atoms with Crippen molar-refractivity contribution in [2.45, 2.75) is 25.4 Å². The molecule has 1 rings (SSSR count). The number of nitrogens with two attached hydrogens (primary N) is 1. The number of allylic oxidation sites excluding steroid dienone is 2. The largest absolute Gasteiger partial charge is 0.389 e. The van der Waals surface area contributed by atoms with Gasteiger partial charge in [0.1, 0.15) is 6.61 Å². The summed E-state index contributed by atoms with van der Waals surface area (Å²) in [6.07, 6.45) is 4.88. The Hall–Kier alpha value is -0.580. The third-order valence-electron chi connectivity index (χ3n) is 1.79. The van der Waals surface area contributed by atoms with E-state index < -0.39 is 6.10 Å². The number of aliphatic hydroxyl groups is 1. The highest BCUT2D eigenvalue weighted by Gasteiger charge is 2.05. The van der Waals surface area contributed by atoms with Gasteiger partial charge in [0.25, 0.3) is 0 Å². The van der Waals surface area contributed by atoms with E-state index in [9.17, 15) is 0 Å². The Morgan fingerprint density at radius 3 is 3.17 bits per heavy atom. The maximum Gasteiger partial charge on any atom is 0.102 e. The van der Waals surface area contributed by atoms with Gasteiger partial charge < -0.3 is 10.8 Å². The summed E-state index contributed by atoms with van der Waals surface area (Å²) in [5.41, 5.74) is 9.10. The molecule has 1 unspecified atom stereocenters. The Morgan fingerprint density at radius 1 is 1.75 bits per heavy atom. The van der Waals surface area contributed by atoms with Crippen molar-refractivity contribution < 1.29 is 9.94 Å². The van der Waals surface area contributed by atoms with Crippen LogP contribution in [0.25, 0.3) is 0 Å². The Kier molecular flexibility index (Phi) is 4.07. The molecular weight excluding hydrogens is 156 g/mol. The molecule has 12 heavy (non-hydrogen) atoms. The maximum atomic E-state index is 9.02. The van der Waals surface area contributed by atoms with Crippen LogP contribution >= 0.6 is 0 Å². The molecule has 1 atom stereocenters. The van der Waals surface area contributed by atoms with Crippen molar-refractivity contribution in [2.75, 3.05) is 13.2 Å². The van der Waals surface area contributed by atoms with Gasteiger partial charge >= 0.3 is 0 Å². The van der Waals surface area contributed by atoms with E-state index in [1.54, 1.807) is 0 Å². The van der Waals surface area contributed by atoms with E-state index in [2.05, 4.69) is 11.6 Å². The topological polar surface area (TPSA) is 67.5 Å². The summed E-state index contributed by atoms with van der Waals surface area (Å²) in [6, 6.07) is 0. The van der Waals surface area contributed by atoms with Crippen LogP contribution in [0.1, 0.15) is 19.3 Å². The number of hydrogen-bond donors (Lipinski definition) is 3. The molecule has 0 radical (unpaired) electrons. The lowest BCUT2D eigenvalue weighted by Crippen LogP contribution is -2.28. The molecule has 0 aromatic heterocycles. The molecule has 70 valence electrons. The lowest BCUT2D eigenvalue weighted by molar-refractivity contribution is -0.00294. The van der Waals surface area contributed by atoms with Crippen LogP contribution in [0, 0.1) is 0 Å². The van der Waals surface area contributed by atoms with Crippen molar-refractivity contribution in [3.63, 3.8) is 0 Å². The van der Waals surface area contributed by atoms with Gasteiger partial charge in [-0.2, -0.15) is 0 Å². The first-order chi connectivity index (χ1) is 5.83. The van der Waals surface area contributed by atoms with E-state index in [4.69, 9.17) is 15.7 Å². The van der Waals surface area contributed by atoms with Gasteiger partial charge in [-0.15, -0.1) is 0 Å².